The first-order chi connectivity index (χ1) is 8.01. The van der Waals surface area contributed by atoms with Gasteiger partial charge in [-0.15, -0.1) is 0 Å². The van der Waals surface area contributed by atoms with Crippen LogP contribution in [-0.4, -0.2) is 17.4 Å². The van der Waals surface area contributed by atoms with E-state index in [1.54, 1.807) is 6.92 Å². The van der Waals surface area contributed by atoms with Crippen molar-refractivity contribution in [3.05, 3.63) is 35.9 Å². The highest BCUT2D eigenvalue weighted by atomic mass is 16.2. The highest BCUT2D eigenvalue weighted by Gasteiger charge is 2.31. The van der Waals surface area contributed by atoms with E-state index in [0.29, 0.717) is 13.0 Å². The van der Waals surface area contributed by atoms with Crippen molar-refractivity contribution in [3.8, 4) is 6.19 Å². The molecule has 3 nitrogen and oxygen atoms in total. The molecule has 1 aromatic rings. The molecular weight excluding hydrogens is 212 g/mol. The molecule has 0 aliphatic heterocycles. The Morgan fingerprint density at radius 2 is 1.94 bits per heavy atom. The number of benzene rings is 1. The van der Waals surface area contributed by atoms with Crippen LogP contribution in [0.15, 0.2) is 30.3 Å². The summed E-state index contributed by atoms with van der Waals surface area (Å²) in [5, 5.41) is 8.88. The maximum Gasteiger partial charge on any atom is 0.241 e. The lowest BCUT2D eigenvalue weighted by Gasteiger charge is -2.26. The van der Waals surface area contributed by atoms with Crippen molar-refractivity contribution in [3.63, 3.8) is 0 Å². The molecule has 3 heteroatoms. The summed E-state index contributed by atoms with van der Waals surface area (Å²) in [5.74, 6) is -0.119. The van der Waals surface area contributed by atoms with Crippen LogP contribution in [-0.2, 0) is 11.2 Å². The van der Waals surface area contributed by atoms with Crippen molar-refractivity contribution in [1.82, 2.24) is 4.90 Å². The van der Waals surface area contributed by atoms with Crippen LogP contribution in [0.2, 0.25) is 0 Å². The molecule has 0 atom stereocenters. The van der Waals surface area contributed by atoms with E-state index in [9.17, 15) is 4.79 Å². The number of carbonyl (C=O) groups is 1. The van der Waals surface area contributed by atoms with Gasteiger partial charge in [0, 0.05) is 12.0 Å². The predicted molar refractivity (Wildman–Crippen MR) is 66.9 cm³/mol. The summed E-state index contributed by atoms with van der Waals surface area (Å²) in [5.41, 5.74) is 0.562. The number of hydrogen-bond acceptors (Lipinski definition) is 2. The third kappa shape index (κ3) is 3.32. The molecule has 0 saturated carbocycles. The van der Waals surface area contributed by atoms with E-state index in [4.69, 9.17) is 5.26 Å². The Hall–Kier alpha value is -1.82. The van der Waals surface area contributed by atoms with Crippen LogP contribution in [0.3, 0.4) is 0 Å². The number of hydrogen-bond donors (Lipinski definition) is 0. The molecule has 0 aromatic heterocycles. The minimum Gasteiger partial charge on any atom is -0.273 e. The number of rotatable bonds is 4. The quantitative estimate of drug-likeness (QED) is 0.589. The summed E-state index contributed by atoms with van der Waals surface area (Å²) in [7, 11) is 0. The Bertz CT molecular complexity index is 418. The maximum absolute atomic E-state index is 12.1. The minimum atomic E-state index is -0.549. The lowest BCUT2D eigenvalue weighted by atomic mass is 9.84. The van der Waals surface area contributed by atoms with Crippen LogP contribution in [0, 0.1) is 16.9 Å². The molecule has 0 radical (unpaired) electrons. The number of amides is 1. The van der Waals surface area contributed by atoms with Crippen molar-refractivity contribution in [2.24, 2.45) is 5.41 Å². The smallest absolute Gasteiger partial charge is 0.241 e. The second-order valence-electron chi connectivity index (χ2n) is 4.70. The Morgan fingerprint density at radius 1 is 1.35 bits per heavy atom. The van der Waals surface area contributed by atoms with Crippen molar-refractivity contribution >= 4 is 5.91 Å². The van der Waals surface area contributed by atoms with Crippen molar-refractivity contribution in [2.75, 3.05) is 6.54 Å². The zero-order valence-corrected chi connectivity index (χ0v) is 10.6. The zero-order valence-electron chi connectivity index (χ0n) is 10.6. The lowest BCUT2D eigenvalue weighted by molar-refractivity contribution is -0.136. The van der Waals surface area contributed by atoms with Gasteiger partial charge >= 0.3 is 0 Å². The van der Waals surface area contributed by atoms with Gasteiger partial charge in [0.15, 0.2) is 6.19 Å². The van der Waals surface area contributed by atoms with E-state index in [1.807, 2.05) is 50.4 Å². The predicted octanol–water partition coefficient (Wildman–Crippen LogP) is 2.58. The van der Waals surface area contributed by atoms with Crippen LogP contribution < -0.4 is 0 Å². The summed E-state index contributed by atoms with van der Waals surface area (Å²) < 4.78 is 0. The molecule has 0 aliphatic carbocycles. The van der Waals surface area contributed by atoms with Gasteiger partial charge < -0.3 is 0 Å². The largest absolute Gasteiger partial charge is 0.273 e. The minimum absolute atomic E-state index is 0.119. The summed E-state index contributed by atoms with van der Waals surface area (Å²) in [6, 6.07) is 9.86. The van der Waals surface area contributed by atoms with E-state index < -0.39 is 5.41 Å². The standard InChI is InChI=1S/C14H18N2O/c1-4-16(11-15)13(17)14(2,3)10-12-8-6-5-7-9-12/h5-9H,4,10H2,1-3H3. The second kappa shape index (κ2) is 5.49. The van der Waals surface area contributed by atoms with E-state index in [-0.39, 0.29) is 5.91 Å². The highest BCUT2D eigenvalue weighted by molar-refractivity contribution is 5.83. The fourth-order valence-corrected chi connectivity index (χ4v) is 1.81. The highest BCUT2D eigenvalue weighted by Crippen LogP contribution is 2.24. The first-order valence-electron chi connectivity index (χ1n) is 5.77. The van der Waals surface area contributed by atoms with Gasteiger partial charge in [0.2, 0.25) is 5.91 Å². The molecule has 1 rings (SSSR count). The average molecular weight is 230 g/mol. The monoisotopic (exact) mass is 230 g/mol. The van der Waals surface area contributed by atoms with E-state index in [0.717, 1.165) is 5.56 Å². The zero-order chi connectivity index (χ0) is 12.9. The Balaban J connectivity index is 2.82. The SMILES string of the molecule is CCN(C#N)C(=O)C(C)(C)Cc1ccccc1. The molecular formula is C14H18N2O. The number of nitrogens with zero attached hydrogens (tertiary/aromatic N) is 2. The molecule has 0 aliphatic rings. The third-order valence-electron chi connectivity index (χ3n) is 2.75. The lowest BCUT2D eigenvalue weighted by Crippen LogP contribution is -2.39. The fraction of sp³-hybridized carbons (Fsp3) is 0.429. The molecule has 0 N–H and O–H groups in total. The second-order valence-corrected chi connectivity index (χ2v) is 4.70. The van der Waals surface area contributed by atoms with Crippen LogP contribution in [0.25, 0.3) is 0 Å². The van der Waals surface area contributed by atoms with Crippen LogP contribution in [0.1, 0.15) is 26.3 Å². The van der Waals surface area contributed by atoms with Gasteiger partial charge in [-0.3, -0.25) is 4.79 Å². The summed E-state index contributed by atoms with van der Waals surface area (Å²) >= 11 is 0. The summed E-state index contributed by atoms with van der Waals surface area (Å²) in [6.07, 6.45) is 2.57. The molecule has 0 spiro atoms. The Labute approximate surface area is 103 Å². The van der Waals surface area contributed by atoms with Crippen LogP contribution >= 0.6 is 0 Å². The van der Waals surface area contributed by atoms with E-state index in [2.05, 4.69) is 0 Å². The summed E-state index contributed by atoms with van der Waals surface area (Å²) in [6.45, 7) is 5.98. The van der Waals surface area contributed by atoms with Crippen molar-refractivity contribution < 1.29 is 4.79 Å². The van der Waals surface area contributed by atoms with E-state index in [1.165, 1.54) is 4.90 Å². The topological polar surface area (TPSA) is 44.1 Å². The molecule has 0 bridgehead atoms. The Kier molecular flexibility index (Phi) is 4.28. The van der Waals surface area contributed by atoms with Gasteiger partial charge in [0.05, 0.1) is 0 Å². The first-order valence-corrected chi connectivity index (χ1v) is 5.77. The molecule has 90 valence electrons. The van der Waals surface area contributed by atoms with E-state index >= 15 is 0 Å². The molecule has 0 heterocycles. The molecule has 1 aromatic carbocycles. The van der Waals surface area contributed by atoms with Gasteiger partial charge in [-0.05, 0) is 18.9 Å². The van der Waals surface area contributed by atoms with Gasteiger partial charge in [0.25, 0.3) is 0 Å². The number of nitriles is 1. The van der Waals surface area contributed by atoms with Crippen molar-refractivity contribution in [2.45, 2.75) is 27.2 Å². The van der Waals surface area contributed by atoms with Crippen molar-refractivity contribution in [1.29, 1.82) is 5.26 Å². The number of carbonyl (C=O) groups excluding carboxylic acids is 1. The molecule has 17 heavy (non-hydrogen) atoms. The third-order valence-corrected chi connectivity index (χ3v) is 2.75. The summed E-state index contributed by atoms with van der Waals surface area (Å²) in [4.78, 5) is 13.3. The average Bonchev–Trinajstić information content (AvgIpc) is 2.31. The molecule has 0 saturated heterocycles. The van der Waals surface area contributed by atoms with Crippen LogP contribution in [0.5, 0.6) is 0 Å². The van der Waals surface area contributed by atoms with Crippen LogP contribution in [0.4, 0.5) is 0 Å². The molecule has 0 unspecified atom stereocenters. The Morgan fingerprint density at radius 3 is 2.41 bits per heavy atom. The molecule has 1 amide bonds. The fourth-order valence-electron chi connectivity index (χ4n) is 1.81. The maximum atomic E-state index is 12.1. The first kappa shape index (κ1) is 13.2. The van der Waals surface area contributed by atoms with Gasteiger partial charge in [-0.2, -0.15) is 5.26 Å². The normalized spacial score (nSPS) is 10.7. The van der Waals surface area contributed by atoms with Gasteiger partial charge in [-0.1, -0.05) is 44.2 Å². The molecule has 0 fully saturated rings. The van der Waals surface area contributed by atoms with Gasteiger partial charge in [0.1, 0.15) is 0 Å². The van der Waals surface area contributed by atoms with Gasteiger partial charge in [-0.25, -0.2) is 4.90 Å².